The van der Waals surface area contributed by atoms with E-state index in [1.54, 1.807) is 89.4 Å². The number of nitrogens with one attached hydrogen (secondary N) is 2. The average Bonchev–Trinajstić information content (AvgIpc) is 2.98. The van der Waals surface area contributed by atoms with Gasteiger partial charge in [-0.1, -0.05) is 50.1 Å². The number of unbranched alkanes of at least 4 members (excludes halogenated alkanes) is 2. The van der Waals surface area contributed by atoms with E-state index in [1.807, 2.05) is 6.92 Å². The van der Waals surface area contributed by atoms with Gasteiger partial charge < -0.3 is 35.2 Å². The third-order valence-electron chi connectivity index (χ3n) is 7.13. The van der Waals surface area contributed by atoms with E-state index in [4.69, 9.17) is 9.47 Å². The molecule has 3 rings (SSSR count). The highest BCUT2D eigenvalue weighted by molar-refractivity contribution is 5.99. The number of phenolic OH excluding ortho intramolecular Hbond substituents is 2. The zero-order chi connectivity index (χ0) is 33.1. The number of benzene rings is 3. The molecule has 0 bridgehead atoms. The Labute approximate surface area is 265 Å². The van der Waals surface area contributed by atoms with Crippen LogP contribution in [-0.4, -0.2) is 58.3 Å². The Morgan fingerprint density at radius 3 is 2.20 bits per heavy atom. The molecular formula is C35H45N3O7. The van der Waals surface area contributed by atoms with Gasteiger partial charge in [0.25, 0.3) is 5.91 Å². The summed E-state index contributed by atoms with van der Waals surface area (Å²) in [6.07, 6.45) is 1.52. The van der Waals surface area contributed by atoms with Crippen LogP contribution in [-0.2, 0) is 20.7 Å². The number of anilines is 1. The molecule has 242 valence electrons. The summed E-state index contributed by atoms with van der Waals surface area (Å²) in [6.45, 7) is 9.10. The molecule has 4 N–H and O–H groups in total. The standard InChI is InChI=1S/C35H45N3O7/c1-7-8-9-21-38(33(42)29(37-34(43)45-35(3,4)5)22-24-13-17-26(39)18-14-24)30(28-12-10-11-23(2)31(28)40)32(41)36-25-15-19-27(44-6)20-16-25/h10-20,29-30,39-40H,7-9,21-22H2,1-6H3,(H,36,41)(H,37,43). The molecule has 45 heavy (non-hydrogen) atoms. The summed E-state index contributed by atoms with van der Waals surface area (Å²) >= 11 is 0. The van der Waals surface area contributed by atoms with Gasteiger partial charge in [-0.2, -0.15) is 0 Å². The van der Waals surface area contributed by atoms with Crippen LogP contribution in [0.15, 0.2) is 66.7 Å². The van der Waals surface area contributed by atoms with E-state index < -0.39 is 35.6 Å². The lowest BCUT2D eigenvalue weighted by Gasteiger charge is -2.35. The van der Waals surface area contributed by atoms with Crippen molar-refractivity contribution in [3.63, 3.8) is 0 Å². The summed E-state index contributed by atoms with van der Waals surface area (Å²) in [5.41, 5.74) is 1.14. The van der Waals surface area contributed by atoms with Crippen LogP contribution in [0.25, 0.3) is 0 Å². The number of phenols is 2. The van der Waals surface area contributed by atoms with Crippen molar-refractivity contribution >= 4 is 23.6 Å². The summed E-state index contributed by atoms with van der Waals surface area (Å²) in [7, 11) is 1.55. The van der Waals surface area contributed by atoms with Crippen LogP contribution >= 0.6 is 0 Å². The van der Waals surface area contributed by atoms with Crippen molar-refractivity contribution in [1.82, 2.24) is 10.2 Å². The van der Waals surface area contributed by atoms with Gasteiger partial charge in [0.1, 0.15) is 34.9 Å². The highest BCUT2D eigenvalue weighted by Crippen LogP contribution is 2.34. The predicted octanol–water partition coefficient (Wildman–Crippen LogP) is 6.25. The Hall–Kier alpha value is -4.73. The number of nitrogens with zero attached hydrogens (tertiary/aromatic N) is 1. The summed E-state index contributed by atoms with van der Waals surface area (Å²) in [5.74, 6) is -0.487. The first-order chi connectivity index (χ1) is 21.3. The Morgan fingerprint density at radius 2 is 1.60 bits per heavy atom. The molecular weight excluding hydrogens is 574 g/mol. The number of aryl methyl sites for hydroxylation is 1. The Balaban J connectivity index is 2.10. The normalized spacial score (nSPS) is 12.5. The Morgan fingerprint density at radius 1 is 0.933 bits per heavy atom. The SMILES string of the molecule is CCCCCN(C(=O)C(Cc1ccc(O)cc1)NC(=O)OC(C)(C)C)C(C(=O)Nc1ccc(OC)cc1)c1cccc(C)c1O. The highest BCUT2D eigenvalue weighted by Gasteiger charge is 2.37. The molecule has 10 heteroatoms. The van der Waals surface area contributed by atoms with E-state index in [9.17, 15) is 24.6 Å². The van der Waals surface area contributed by atoms with Crippen LogP contribution in [0.4, 0.5) is 10.5 Å². The maximum atomic E-state index is 14.6. The van der Waals surface area contributed by atoms with Gasteiger partial charge in [-0.15, -0.1) is 0 Å². The molecule has 0 fully saturated rings. The number of para-hydroxylation sites is 1. The second kappa shape index (κ2) is 15.8. The van der Waals surface area contributed by atoms with E-state index in [1.165, 1.54) is 17.0 Å². The second-order valence-corrected chi connectivity index (χ2v) is 11.9. The van der Waals surface area contributed by atoms with Gasteiger partial charge in [0, 0.05) is 24.2 Å². The van der Waals surface area contributed by atoms with Crippen LogP contribution in [0.2, 0.25) is 0 Å². The number of carbonyl (C=O) groups excluding carboxylic acids is 3. The minimum Gasteiger partial charge on any atom is -0.508 e. The monoisotopic (exact) mass is 619 g/mol. The Kier molecular flexibility index (Phi) is 12.2. The molecule has 0 spiro atoms. The molecule has 0 saturated heterocycles. The van der Waals surface area contributed by atoms with E-state index in [0.29, 0.717) is 29.0 Å². The molecule has 0 radical (unpaired) electrons. The van der Waals surface area contributed by atoms with Crippen molar-refractivity contribution < 1.29 is 34.1 Å². The zero-order valence-corrected chi connectivity index (χ0v) is 26.9. The van der Waals surface area contributed by atoms with Crippen LogP contribution in [0, 0.1) is 6.92 Å². The molecule has 0 saturated carbocycles. The van der Waals surface area contributed by atoms with Crippen molar-refractivity contribution in [3.8, 4) is 17.2 Å². The van der Waals surface area contributed by atoms with Gasteiger partial charge in [-0.05, 0) is 81.6 Å². The van der Waals surface area contributed by atoms with Crippen molar-refractivity contribution in [2.24, 2.45) is 0 Å². The van der Waals surface area contributed by atoms with Gasteiger partial charge in [0.05, 0.1) is 7.11 Å². The molecule has 0 aromatic heterocycles. The van der Waals surface area contributed by atoms with Gasteiger partial charge in [0.15, 0.2) is 0 Å². The molecule has 0 heterocycles. The number of methoxy groups -OCH3 is 1. The van der Waals surface area contributed by atoms with E-state index >= 15 is 0 Å². The number of amides is 3. The molecule has 3 aromatic carbocycles. The minimum absolute atomic E-state index is 0.0631. The lowest BCUT2D eigenvalue weighted by atomic mass is 9.97. The third kappa shape index (κ3) is 10.2. The first-order valence-corrected chi connectivity index (χ1v) is 15.1. The molecule has 0 aliphatic heterocycles. The van der Waals surface area contributed by atoms with E-state index in [0.717, 1.165) is 12.8 Å². The van der Waals surface area contributed by atoms with Gasteiger partial charge in [0.2, 0.25) is 5.91 Å². The highest BCUT2D eigenvalue weighted by atomic mass is 16.6. The number of alkyl carbamates (subject to hydrolysis) is 1. The topological polar surface area (TPSA) is 137 Å². The molecule has 0 aliphatic rings. The van der Waals surface area contributed by atoms with Crippen molar-refractivity contribution in [3.05, 3.63) is 83.4 Å². The number of aromatic hydroxyl groups is 2. The summed E-state index contributed by atoms with van der Waals surface area (Å²) in [5, 5.41) is 26.6. The van der Waals surface area contributed by atoms with E-state index in [-0.39, 0.29) is 30.0 Å². The Bertz CT molecular complexity index is 1430. The fourth-order valence-electron chi connectivity index (χ4n) is 4.85. The summed E-state index contributed by atoms with van der Waals surface area (Å²) < 4.78 is 10.7. The quantitative estimate of drug-likeness (QED) is 0.166. The molecule has 3 aromatic rings. The maximum Gasteiger partial charge on any atom is 0.408 e. The maximum absolute atomic E-state index is 14.6. The zero-order valence-electron chi connectivity index (χ0n) is 26.9. The molecule has 0 aliphatic carbocycles. The fourth-order valence-corrected chi connectivity index (χ4v) is 4.85. The lowest BCUT2D eigenvalue weighted by molar-refractivity contribution is -0.141. The smallest absolute Gasteiger partial charge is 0.408 e. The number of hydrogen-bond donors (Lipinski definition) is 4. The number of carbonyl (C=O) groups is 3. The third-order valence-corrected chi connectivity index (χ3v) is 7.13. The first-order valence-electron chi connectivity index (χ1n) is 15.1. The molecule has 2 unspecified atom stereocenters. The number of ether oxygens (including phenoxy) is 2. The molecule has 10 nitrogen and oxygen atoms in total. The van der Waals surface area contributed by atoms with Crippen molar-refractivity contribution in [2.45, 2.75) is 78.0 Å². The van der Waals surface area contributed by atoms with Crippen LogP contribution in [0.3, 0.4) is 0 Å². The molecule has 2 atom stereocenters. The molecule has 3 amide bonds. The van der Waals surface area contributed by atoms with Crippen LogP contribution in [0.5, 0.6) is 17.2 Å². The van der Waals surface area contributed by atoms with Gasteiger partial charge >= 0.3 is 6.09 Å². The average molecular weight is 620 g/mol. The van der Waals surface area contributed by atoms with E-state index in [2.05, 4.69) is 10.6 Å². The van der Waals surface area contributed by atoms with Crippen molar-refractivity contribution in [2.75, 3.05) is 19.0 Å². The largest absolute Gasteiger partial charge is 0.508 e. The summed E-state index contributed by atoms with van der Waals surface area (Å²) in [6, 6.07) is 15.8. The fraction of sp³-hybridized carbons (Fsp3) is 0.400. The predicted molar refractivity (Wildman–Crippen MR) is 173 cm³/mol. The van der Waals surface area contributed by atoms with Gasteiger partial charge in [-0.3, -0.25) is 9.59 Å². The second-order valence-electron chi connectivity index (χ2n) is 11.9. The minimum atomic E-state index is -1.24. The number of hydrogen-bond acceptors (Lipinski definition) is 7. The van der Waals surface area contributed by atoms with Crippen LogP contribution < -0.4 is 15.4 Å². The van der Waals surface area contributed by atoms with Crippen LogP contribution in [0.1, 0.15) is 69.7 Å². The number of rotatable bonds is 13. The first kappa shape index (κ1) is 34.8. The van der Waals surface area contributed by atoms with Gasteiger partial charge in [-0.25, -0.2) is 4.79 Å². The summed E-state index contributed by atoms with van der Waals surface area (Å²) in [4.78, 5) is 43.2. The van der Waals surface area contributed by atoms with Crippen molar-refractivity contribution in [1.29, 1.82) is 0 Å². The lowest BCUT2D eigenvalue weighted by Crippen LogP contribution is -2.53.